The number of hydrogen-bond donors (Lipinski definition) is 3. The maximum absolute atomic E-state index is 13.0. The number of carbonyl (C=O) groups is 3. The molecule has 0 bridgehead atoms. The van der Waals surface area contributed by atoms with E-state index in [1.807, 2.05) is 0 Å². The first-order valence-electron chi connectivity index (χ1n) is 11.4. The summed E-state index contributed by atoms with van der Waals surface area (Å²) >= 11 is 18.2. The molecule has 0 aromatic heterocycles. The average Bonchev–Trinajstić information content (AvgIpc) is 3.28. The Morgan fingerprint density at radius 3 is 2.32 bits per heavy atom. The molecule has 0 fully saturated rings. The number of halogens is 3. The highest BCUT2D eigenvalue weighted by atomic mass is 35.5. The topological polar surface area (TPSA) is 117 Å². The number of amides is 2. The van der Waals surface area contributed by atoms with Gasteiger partial charge < -0.3 is 20.6 Å². The van der Waals surface area contributed by atoms with Gasteiger partial charge in [-0.15, -0.1) is 0 Å². The van der Waals surface area contributed by atoms with Crippen molar-refractivity contribution in [3.05, 3.63) is 98.5 Å². The third kappa shape index (κ3) is 6.27. The van der Waals surface area contributed by atoms with Crippen molar-refractivity contribution < 1.29 is 24.3 Å². The van der Waals surface area contributed by atoms with Crippen LogP contribution in [0.2, 0.25) is 15.1 Å². The summed E-state index contributed by atoms with van der Waals surface area (Å²) in [6.45, 7) is 1.55. The first-order chi connectivity index (χ1) is 18.1. The first kappa shape index (κ1) is 27.4. The number of carboxylic acids is 1. The highest BCUT2D eigenvalue weighted by Gasteiger charge is 2.43. The predicted octanol–water partition coefficient (Wildman–Crippen LogP) is 5.59. The van der Waals surface area contributed by atoms with Crippen LogP contribution < -0.4 is 10.6 Å². The zero-order valence-corrected chi connectivity index (χ0v) is 22.3. The Labute approximate surface area is 233 Å². The maximum Gasteiger partial charge on any atom is 0.326 e. The van der Waals surface area contributed by atoms with Gasteiger partial charge in [0.15, 0.2) is 0 Å². The maximum atomic E-state index is 13.0. The number of carboxylic acid groups (broad SMARTS) is 1. The van der Waals surface area contributed by atoms with Gasteiger partial charge in [0, 0.05) is 29.1 Å². The van der Waals surface area contributed by atoms with Gasteiger partial charge in [0.05, 0.1) is 21.3 Å². The first-order valence-corrected chi connectivity index (χ1v) is 12.6. The zero-order chi connectivity index (χ0) is 27.4. The number of nitrogens with one attached hydrogen (secondary N) is 2. The van der Waals surface area contributed by atoms with Crippen LogP contribution in [0.4, 0.5) is 5.69 Å². The Hall–Kier alpha value is -3.59. The van der Waals surface area contributed by atoms with Crippen LogP contribution in [-0.4, -0.2) is 40.2 Å². The lowest BCUT2D eigenvalue weighted by Crippen LogP contribution is -2.51. The molecule has 2 atom stereocenters. The molecule has 1 aliphatic rings. The second kappa shape index (κ2) is 11.4. The summed E-state index contributed by atoms with van der Waals surface area (Å²) < 4.78 is 0. The van der Waals surface area contributed by atoms with E-state index in [1.165, 1.54) is 0 Å². The van der Waals surface area contributed by atoms with Gasteiger partial charge in [0.1, 0.15) is 6.04 Å². The summed E-state index contributed by atoms with van der Waals surface area (Å²) in [5, 5.41) is 20.0. The minimum absolute atomic E-state index is 0.00370. The molecule has 0 aliphatic carbocycles. The quantitative estimate of drug-likeness (QED) is 0.324. The molecule has 1 aliphatic heterocycles. The minimum Gasteiger partial charge on any atom is -0.480 e. The van der Waals surface area contributed by atoms with Gasteiger partial charge in [-0.2, -0.15) is 0 Å². The number of aliphatic carboxylic acids is 1. The summed E-state index contributed by atoms with van der Waals surface area (Å²) in [6.07, 6.45) is 0.152. The molecule has 1 heterocycles. The lowest BCUT2D eigenvalue weighted by molar-refractivity contribution is -0.148. The second-order valence-corrected chi connectivity index (χ2v) is 10.1. The Bertz CT molecular complexity index is 1410. The number of hydrogen-bond acceptors (Lipinski definition) is 5. The third-order valence-corrected chi connectivity index (χ3v) is 6.81. The van der Waals surface area contributed by atoms with Crippen LogP contribution in [-0.2, 0) is 20.8 Å². The molecular formula is C27H22Cl3N3O5. The smallest absolute Gasteiger partial charge is 0.326 e. The molecule has 8 nitrogen and oxygen atoms in total. The van der Waals surface area contributed by atoms with Crippen LogP contribution >= 0.6 is 34.8 Å². The number of anilines is 1. The fourth-order valence-electron chi connectivity index (χ4n) is 3.86. The molecule has 2 amide bonds. The third-order valence-electron chi connectivity index (χ3n) is 5.95. The van der Waals surface area contributed by atoms with Crippen molar-refractivity contribution >= 4 is 64.0 Å². The van der Waals surface area contributed by atoms with E-state index >= 15 is 0 Å². The van der Waals surface area contributed by atoms with E-state index in [2.05, 4.69) is 15.8 Å². The van der Waals surface area contributed by atoms with Crippen molar-refractivity contribution in [3.8, 4) is 0 Å². The molecule has 2 unspecified atom stereocenters. The van der Waals surface area contributed by atoms with Gasteiger partial charge in [0.25, 0.3) is 11.8 Å². The summed E-state index contributed by atoms with van der Waals surface area (Å²) in [5.41, 5.74) is 1.11. The van der Waals surface area contributed by atoms with Crippen molar-refractivity contribution in [3.63, 3.8) is 0 Å². The van der Waals surface area contributed by atoms with Gasteiger partial charge in [0.2, 0.25) is 5.60 Å². The highest BCUT2D eigenvalue weighted by Crippen LogP contribution is 2.28. The van der Waals surface area contributed by atoms with Gasteiger partial charge in [-0.05, 0) is 48.9 Å². The number of benzene rings is 3. The molecule has 4 rings (SSSR count). The van der Waals surface area contributed by atoms with E-state index in [-0.39, 0.29) is 28.5 Å². The fourth-order valence-corrected chi connectivity index (χ4v) is 4.62. The van der Waals surface area contributed by atoms with Crippen molar-refractivity contribution in [1.29, 1.82) is 0 Å². The van der Waals surface area contributed by atoms with Crippen LogP contribution in [0.3, 0.4) is 0 Å². The van der Waals surface area contributed by atoms with Crippen molar-refractivity contribution in [2.75, 3.05) is 5.32 Å². The van der Waals surface area contributed by atoms with E-state index in [9.17, 15) is 19.5 Å². The second-order valence-electron chi connectivity index (χ2n) is 8.86. The molecule has 0 radical (unpaired) electrons. The lowest BCUT2D eigenvalue weighted by atomic mass is 9.94. The molecule has 3 aromatic carbocycles. The molecule has 11 heteroatoms. The van der Waals surface area contributed by atoms with Crippen LogP contribution in [0.25, 0.3) is 0 Å². The normalized spacial score (nSPS) is 17.2. The Kier molecular flexibility index (Phi) is 8.26. The molecule has 38 heavy (non-hydrogen) atoms. The Morgan fingerprint density at radius 1 is 1.03 bits per heavy atom. The van der Waals surface area contributed by atoms with Crippen LogP contribution in [0.1, 0.15) is 34.8 Å². The minimum atomic E-state index is -1.38. The molecule has 3 aromatic rings. The standard InChI is InChI=1S/C27H22Cl3N3O5/c1-27(14-22(33-38-27)16-4-2-5-17(28)13-16)26(37)32-21(25(35)36)12-15-8-10-18(11-9-15)31-24(34)23-19(29)6-3-7-20(23)30/h2-11,13,21H,12,14H2,1H3,(H,31,34)(H,32,37)(H,35,36). The van der Waals surface area contributed by atoms with Crippen molar-refractivity contribution in [1.82, 2.24) is 5.32 Å². The average molecular weight is 575 g/mol. The van der Waals surface area contributed by atoms with Gasteiger partial charge >= 0.3 is 5.97 Å². The summed E-state index contributed by atoms with van der Waals surface area (Å²) in [4.78, 5) is 43.0. The Balaban J connectivity index is 1.38. The largest absolute Gasteiger partial charge is 0.480 e. The number of carbonyl (C=O) groups excluding carboxylic acids is 2. The number of nitrogens with zero attached hydrogens (tertiary/aromatic N) is 1. The molecule has 3 N–H and O–H groups in total. The summed E-state index contributed by atoms with van der Waals surface area (Å²) in [5.74, 6) is -2.29. The zero-order valence-electron chi connectivity index (χ0n) is 20.0. The SMILES string of the molecule is CC1(C(=O)NC(Cc2ccc(NC(=O)c3c(Cl)cccc3Cl)cc2)C(=O)O)CC(c2cccc(Cl)c2)=NO1. The van der Waals surface area contributed by atoms with E-state index < -0.39 is 29.4 Å². The molecule has 0 saturated carbocycles. The van der Waals surface area contributed by atoms with E-state index in [4.69, 9.17) is 39.6 Å². The Morgan fingerprint density at radius 2 is 1.68 bits per heavy atom. The summed E-state index contributed by atoms with van der Waals surface area (Å²) in [7, 11) is 0. The van der Waals surface area contributed by atoms with Crippen LogP contribution in [0.5, 0.6) is 0 Å². The highest BCUT2D eigenvalue weighted by molar-refractivity contribution is 6.40. The summed E-state index contributed by atoms with van der Waals surface area (Å²) in [6, 6.07) is 17.1. The van der Waals surface area contributed by atoms with Crippen LogP contribution in [0, 0.1) is 0 Å². The molecular weight excluding hydrogens is 553 g/mol. The van der Waals surface area contributed by atoms with Crippen molar-refractivity contribution in [2.24, 2.45) is 5.16 Å². The van der Waals surface area contributed by atoms with Crippen LogP contribution in [0.15, 0.2) is 71.9 Å². The van der Waals surface area contributed by atoms with Gasteiger partial charge in [-0.25, -0.2) is 4.79 Å². The van der Waals surface area contributed by atoms with Crippen molar-refractivity contribution in [2.45, 2.75) is 31.4 Å². The fraction of sp³-hybridized carbons (Fsp3) is 0.185. The number of oxime groups is 1. The predicted molar refractivity (Wildman–Crippen MR) is 146 cm³/mol. The van der Waals surface area contributed by atoms with E-state index in [0.717, 1.165) is 0 Å². The molecule has 196 valence electrons. The van der Waals surface area contributed by atoms with Gasteiger partial charge in [-0.3, -0.25) is 9.59 Å². The molecule has 0 spiro atoms. The van der Waals surface area contributed by atoms with Gasteiger partial charge in [-0.1, -0.05) is 70.3 Å². The molecule has 0 saturated heterocycles. The van der Waals surface area contributed by atoms with E-state index in [1.54, 1.807) is 73.7 Å². The monoisotopic (exact) mass is 573 g/mol. The van der Waals surface area contributed by atoms with E-state index in [0.29, 0.717) is 27.5 Å². The lowest BCUT2D eigenvalue weighted by Gasteiger charge is -2.23. The number of rotatable bonds is 8.